The summed E-state index contributed by atoms with van der Waals surface area (Å²) in [4.78, 5) is 16.0. The van der Waals surface area contributed by atoms with Gasteiger partial charge >= 0.3 is 12.6 Å². The number of amides is 2. The molecule has 0 bridgehead atoms. The smallest absolute Gasteiger partial charge is 0.387 e. The van der Waals surface area contributed by atoms with Crippen LogP contribution >= 0.6 is 15.9 Å². The Morgan fingerprint density at radius 3 is 2.70 bits per heavy atom. The third-order valence-corrected chi connectivity index (χ3v) is 3.33. The summed E-state index contributed by atoms with van der Waals surface area (Å²) in [7, 11) is 0. The highest BCUT2D eigenvalue weighted by Gasteiger charge is 2.12. The highest BCUT2D eigenvalue weighted by molar-refractivity contribution is 9.10. The lowest BCUT2D eigenvalue weighted by molar-refractivity contribution is -0.0499. The van der Waals surface area contributed by atoms with Gasteiger partial charge in [-0.15, -0.1) is 0 Å². The standard InChI is InChI=1S/C15H14BrF2N3O2/c1-9(10-4-2-5-11(8-10)23-14(17)18)19-15(22)21-13-7-3-6-12(16)20-13/h2-9,14H,1H3,(H2,19,20,21,22). The number of nitrogens with zero attached hydrogens (tertiary/aromatic N) is 1. The molecule has 0 aliphatic rings. The van der Waals surface area contributed by atoms with Gasteiger partial charge in [-0.3, -0.25) is 5.32 Å². The van der Waals surface area contributed by atoms with Gasteiger partial charge in [0.05, 0.1) is 6.04 Å². The number of pyridine rings is 1. The van der Waals surface area contributed by atoms with E-state index in [1.807, 2.05) is 0 Å². The molecule has 0 aliphatic heterocycles. The molecule has 0 radical (unpaired) electrons. The van der Waals surface area contributed by atoms with Crippen molar-refractivity contribution in [3.8, 4) is 5.75 Å². The van der Waals surface area contributed by atoms with Crippen molar-refractivity contribution >= 4 is 27.8 Å². The van der Waals surface area contributed by atoms with Crippen LogP contribution in [0.25, 0.3) is 0 Å². The number of urea groups is 1. The van der Waals surface area contributed by atoms with E-state index in [0.717, 1.165) is 0 Å². The first kappa shape index (κ1) is 17.1. The molecule has 0 aliphatic carbocycles. The second kappa shape index (κ2) is 7.87. The average Bonchev–Trinajstić information content (AvgIpc) is 2.46. The number of aromatic nitrogens is 1. The largest absolute Gasteiger partial charge is 0.435 e. The molecular weight excluding hydrogens is 372 g/mol. The van der Waals surface area contributed by atoms with Crippen molar-refractivity contribution < 1.29 is 18.3 Å². The van der Waals surface area contributed by atoms with Crippen molar-refractivity contribution in [3.63, 3.8) is 0 Å². The summed E-state index contributed by atoms with van der Waals surface area (Å²) in [5.74, 6) is 0.430. The fourth-order valence-corrected chi connectivity index (χ4v) is 2.21. The van der Waals surface area contributed by atoms with Crippen molar-refractivity contribution in [1.82, 2.24) is 10.3 Å². The van der Waals surface area contributed by atoms with Crippen LogP contribution in [0.5, 0.6) is 5.75 Å². The summed E-state index contributed by atoms with van der Waals surface area (Å²) in [6, 6.07) is 10.4. The number of ether oxygens (including phenoxy) is 1. The van der Waals surface area contributed by atoms with Gasteiger partial charge in [-0.2, -0.15) is 8.78 Å². The first-order chi connectivity index (χ1) is 10.9. The minimum absolute atomic E-state index is 0.0419. The van der Waals surface area contributed by atoms with Crippen molar-refractivity contribution in [1.29, 1.82) is 0 Å². The van der Waals surface area contributed by atoms with Crippen LogP contribution in [0.15, 0.2) is 47.1 Å². The van der Waals surface area contributed by atoms with E-state index in [1.165, 1.54) is 12.1 Å². The van der Waals surface area contributed by atoms with Gasteiger partial charge in [0, 0.05) is 0 Å². The summed E-state index contributed by atoms with van der Waals surface area (Å²) in [6.45, 7) is -1.16. The summed E-state index contributed by atoms with van der Waals surface area (Å²) in [6.07, 6.45) is 0. The topological polar surface area (TPSA) is 63.2 Å². The van der Waals surface area contributed by atoms with Crippen molar-refractivity contribution in [2.75, 3.05) is 5.32 Å². The lowest BCUT2D eigenvalue weighted by Crippen LogP contribution is -2.31. The third-order valence-electron chi connectivity index (χ3n) is 2.89. The van der Waals surface area contributed by atoms with E-state index in [4.69, 9.17) is 0 Å². The molecule has 8 heteroatoms. The lowest BCUT2D eigenvalue weighted by Gasteiger charge is -2.16. The van der Waals surface area contributed by atoms with Gasteiger partial charge in [-0.1, -0.05) is 18.2 Å². The molecule has 1 aromatic heterocycles. The molecule has 0 saturated heterocycles. The van der Waals surface area contributed by atoms with Gasteiger partial charge in [-0.05, 0) is 52.7 Å². The number of rotatable bonds is 5. The van der Waals surface area contributed by atoms with E-state index in [9.17, 15) is 13.6 Å². The molecule has 23 heavy (non-hydrogen) atoms. The molecule has 1 heterocycles. The minimum Gasteiger partial charge on any atom is -0.435 e. The van der Waals surface area contributed by atoms with Crippen LogP contribution in [0, 0.1) is 0 Å². The molecule has 2 aromatic rings. The summed E-state index contributed by atoms with van der Waals surface area (Å²) < 4.78 is 29.4. The molecule has 2 N–H and O–H groups in total. The molecule has 0 saturated carbocycles. The number of alkyl halides is 2. The number of halogens is 3. The Morgan fingerprint density at radius 2 is 2.00 bits per heavy atom. The summed E-state index contributed by atoms with van der Waals surface area (Å²) in [5.41, 5.74) is 0.639. The van der Waals surface area contributed by atoms with Crippen LogP contribution in [0.4, 0.5) is 19.4 Å². The predicted molar refractivity (Wildman–Crippen MR) is 85.6 cm³/mol. The van der Waals surface area contributed by atoms with Crippen LogP contribution in [0.3, 0.4) is 0 Å². The zero-order valence-corrected chi connectivity index (χ0v) is 13.7. The highest BCUT2D eigenvalue weighted by atomic mass is 79.9. The van der Waals surface area contributed by atoms with E-state index in [-0.39, 0.29) is 5.75 Å². The Kier molecular flexibility index (Phi) is 5.86. The van der Waals surface area contributed by atoms with Gasteiger partial charge in [0.1, 0.15) is 16.2 Å². The van der Waals surface area contributed by atoms with Crippen molar-refractivity contribution in [2.45, 2.75) is 19.6 Å². The average molecular weight is 386 g/mol. The maximum absolute atomic E-state index is 12.2. The number of benzene rings is 1. The first-order valence-electron chi connectivity index (χ1n) is 6.69. The second-order valence-electron chi connectivity index (χ2n) is 4.62. The van der Waals surface area contributed by atoms with E-state index >= 15 is 0 Å². The van der Waals surface area contributed by atoms with Gasteiger partial charge in [-0.25, -0.2) is 9.78 Å². The normalized spacial score (nSPS) is 11.9. The van der Waals surface area contributed by atoms with Crippen LogP contribution < -0.4 is 15.4 Å². The summed E-state index contributed by atoms with van der Waals surface area (Å²) in [5, 5.41) is 5.28. The van der Waals surface area contributed by atoms with E-state index < -0.39 is 18.7 Å². The van der Waals surface area contributed by atoms with Crippen LogP contribution in [0.2, 0.25) is 0 Å². The van der Waals surface area contributed by atoms with Gasteiger partial charge < -0.3 is 10.1 Å². The van der Waals surface area contributed by atoms with Crippen molar-refractivity contribution in [3.05, 3.63) is 52.6 Å². The number of carbonyl (C=O) groups excluding carboxylic acids is 1. The molecule has 2 amide bonds. The van der Waals surface area contributed by atoms with Gasteiger partial charge in [0.25, 0.3) is 0 Å². The van der Waals surface area contributed by atoms with Gasteiger partial charge in [0.2, 0.25) is 0 Å². The molecule has 1 unspecified atom stereocenters. The molecule has 122 valence electrons. The molecule has 1 aromatic carbocycles. The Hall–Kier alpha value is -2.22. The molecular formula is C15H14BrF2N3O2. The van der Waals surface area contributed by atoms with E-state index in [2.05, 4.69) is 36.3 Å². The van der Waals surface area contributed by atoms with Crippen LogP contribution in [-0.2, 0) is 0 Å². The summed E-state index contributed by atoms with van der Waals surface area (Å²) >= 11 is 3.21. The number of hydrogen-bond acceptors (Lipinski definition) is 3. The Bertz CT molecular complexity index is 685. The Labute approximate surface area is 140 Å². The minimum atomic E-state index is -2.89. The fraction of sp³-hybridized carbons (Fsp3) is 0.200. The molecule has 1 atom stereocenters. The van der Waals surface area contributed by atoms with Crippen molar-refractivity contribution in [2.24, 2.45) is 0 Å². The van der Waals surface area contributed by atoms with E-state index in [1.54, 1.807) is 37.3 Å². The number of nitrogens with one attached hydrogen (secondary N) is 2. The monoisotopic (exact) mass is 385 g/mol. The van der Waals surface area contributed by atoms with Crippen LogP contribution in [0.1, 0.15) is 18.5 Å². The van der Waals surface area contributed by atoms with E-state index in [0.29, 0.717) is 16.0 Å². The number of anilines is 1. The fourth-order valence-electron chi connectivity index (χ4n) is 1.87. The Morgan fingerprint density at radius 1 is 1.26 bits per heavy atom. The first-order valence-corrected chi connectivity index (χ1v) is 7.48. The number of hydrogen-bond donors (Lipinski definition) is 2. The SMILES string of the molecule is CC(NC(=O)Nc1cccc(Br)n1)c1cccc(OC(F)F)c1. The predicted octanol–water partition coefficient (Wildman–Crippen LogP) is 4.33. The zero-order valence-electron chi connectivity index (χ0n) is 12.1. The van der Waals surface area contributed by atoms with Gasteiger partial charge in [0.15, 0.2) is 0 Å². The Balaban J connectivity index is 1.98. The number of carbonyl (C=O) groups is 1. The maximum atomic E-state index is 12.2. The quantitative estimate of drug-likeness (QED) is 0.752. The second-order valence-corrected chi connectivity index (χ2v) is 5.43. The van der Waals surface area contributed by atoms with Crippen LogP contribution in [-0.4, -0.2) is 17.6 Å². The highest BCUT2D eigenvalue weighted by Crippen LogP contribution is 2.20. The maximum Gasteiger partial charge on any atom is 0.387 e. The molecule has 0 fully saturated rings. The molecule has 5 nitrogen and oxygen atoms in total. The third kappa shape index (κ3) is 5.48. The molecule has 2 rings (SSSR count). The molecule has 0 spiro atoms. The zero-order chi connectivity index (χ0) is 16.8. The lowest BCUT2D eigenvalue weighted by atomic mass is 10.1.